The minimum absolute atomic E-state index is 0.0115. The first-order valence-electron chi connectivity index (χ1n) is 6.22. The maximum Gasteiger partial charge on any atom is 0.273 e. The van der Waals surface area contributed by atoms with Gasteiger partial charge in [0.2, 0.25) is 0 Å². The number of carbonyl (C=O) groups excluding carboxylic acids is 1. The third kappa shape index (κ3) is 2.33. The predicted octanol–water partition coefficient (Wildman–Crippen LogP) is 2.23. The number of rotatable bonds is 1. The smallest absolute Gasteiger partial charge is 0.273 e. The molecule has 0 aliphatic carbocycles. The van der Waals surface area contributed by atoms with E-state index in [2.05, 4.69) is 11.1 Å². The minimum atomic E-state index is 0.0115. The zero-order valence-corrected chi connectivity index (χ0v) is 11.5. The van der Waals surface area contributed by atoms with Gasteiger partial charge >= 0.3 is 0 Å². The van der Waals surface area contributed by atoms with Gasteiger partial charge < -0.3 is 10.6 Å². The lowest BCUT2D eigenvalue weighted by Gasteiger charge is -2.28. The van der Waals surface area contributed by atoms with Crippen molar-refractivity contribution in [1.29, 1.82) is 0 Å². The van der Waals surface area contributed by atoms with E-state index in [0.29, 0.717) is 12.2 Å². The Morgan fingerprint density at radius 1 is 1.42 bits per heavy atom. The molecule has 98 valence electrons. The molecule has 0 spiro atoms. The van der Waals surface area contributed by atoms with E-state index in [9.17, 15) is 4.79 Å². The summed E-state index contributed by atoms with van der Waals surface area (Å²) in [6.45, 7) is 3.27. The molecule has 0 radical (unpaired) electrons. The summed E-state index contributed by atoms with van der Waals surface area (Å²) in [5, 5.41) is 2.75. The molecule has 2 aromatic rings. The van der Waals surface area contributed by atoms with Crippen LogP contribution in [0.1, 0.15) is 26.6 Å². The molecule has 1 aliphatic rings. The van der Waals surface area contributed by atoms with E-state index in [1.54, 1.807) is 0 Å². The molecule has 1 aliphatic heterocycles. The van der Waals surface area contributed by atoms with Gasteiger partial charge in [0.15, 0.2) is 0 Å². The number of fused-ring (bicyclic) bond motifs is 1. The van der Waals surface area contributed by atoms with Gasteiger partial charge in [-0.05, 0) is 36.6 Å². The molecule has 1 amide bonds. The Balaban J connectivity index is 1.83. The van der Waals surface area contributed by atoms with Crippen LogP contribution < -0.4 is 5.73 Å². The number of benzene rings is 1. The second-order valence-corrected chi connectivity index (χ2v) is 5.82. The lowest BCUT2D eigenvalue weighted by Crippen LogP contribution is -2.36. The molecule has 0 bridgehead atoms. The lowest BCUT2D eigenvalue weighted by molar-refractivity contribution is 0.0729. The van der Waals surface area contributed by atoms with Crippen LogP contribution >= 0.6 is 11.3 Å². The summed E-state index contributed by atoms with van der Waals surface area (Å²) in [6.07, 6.45) is 0.879. The van der Waals surface area contributed by atoms with Gasteiger partial charge in [-0.15, -0.1) is 11.3 Å². The average Bonchev–Trinajstić information content (AvgIpc) is 2.83. The van der Waals surface area contributed by atoms with E-state index in [1.807, 2.05) is 29.3 Å². The molecule has 2 N–H and O–H groups in total. The van der Waals surface area contributed by atoms with Gasteiger partial charge in [-0.3, -0.25) is 4.79 Å². The summed E-state index contributed by atoms with van der Waals surface area (Å²) in [5.41, 5.74) is 9.53. The van der Waals surface area contributed by atoms with Gasteiger partial charge in [0, 0.05) is 24.2 Å². The van der Waals surface area contributed by atoms with Crippen molar-refractivity contribution in [2.45, 2.75) is 19.9 Å². The highest BCUT2D eigenvalue weighted by Gasteiger charge is 2.23. The first-order chi connectivity index (χ1) is 9.13. The Bertz CT molecular complexity index is 635. The first kappa shape index (κ1) is 12.2. The molecule has 0 unspecified atom stereocenters. The molecular weight excluding hydrogens is 258 g/mol. The van der Waals surface area contributed by atoms with Crippen molar-refractivity contribution < 1.29 is 4.79 Å². The predicted molar refractivity (Wildman–Crippen MR) is 76.1 cm³/mol. The number of nitrogens with two attached hydrogens (primary N) is 1. The van der Waals surface area contributed by atoms with Crippen LogP contribution in [0.15, 0.2) is 23.6 Å². The van der Waals surface area contributed by atoms with Crippen LogP contribution in [0.5, 0.6) is 0 Å². The van der Waals surface area contributed by atoms with E-state index in [4.69, 9.17) is 5.73 Å². The Morgan fingerprint density at radius 2 is 2.26 bits per heavy atom. The fourth-order valence-electron chi connectivity index (χ4n) is 2.37. The Hall–Kier alpha value is -1.88. The third-order valence-corrected chi connectivity index (χ3v) is 4.14. The van der Waals surface area contributed by atoms with Crippen molar-refractivity contribution in [2.75, 3.05) is 12.3 Å². The van der Waals surface area contributed by atoms with Gasteiger partial charge in [-0.25, -0.2) is 4.98 Å². The molecule has 19 heavy (non-hydrogen) atoms. The molecule has 3 rings (SSSR count). The second-order valence-electron chi connectivity index (χ2n) is 4.76. The molecule has 5 heteroatoms. The monoisotopic (exact) mass is 273 g/mol. The van der Waals surface area contributed by atoms with Crippen LogP contribution in [0, 0.1) is 6.92 Å². The Labute approximate surface area is 115 Å². The number of aromatic nitrogens is 1. The normalized spacial score (nSPS) is 14.3. The zero-order valence-electron chi connectivity index (χ0n) is 10.7. The van der Waals surface area contributed by atoms with Gasteiger partial charge in [0.1, 0.15) is 5.69 Å². The summed E-state index contributed by atoms with van der Waals surface area (Å²) in [6, 6.07) is 5.93. The highest BCUT2D eigenvalue weighted by Crippen LogP contribution is 2.23. The van der Waals surface area contributed by atoms with Crippen LogP contribution in [0.25, 0.3) is 0 Å². The summed E-state index contributed by atoms with van der Waals surface area (Å²) in [7, 11) is 0. The SMILES string of the molecule is Cc1nc(C(=O)N2CCc3ccc(N)cc3C2)cs1. The van der Waals surface area contributed by atoms with E-state index in [1.165, 1.54) is 16.9 Å². The van der Waals surface area contributed by atoms with Crippen molar-refractivity contribution in [1.82, 2.24) is 9.88 Å². The van der Waals surface area contributed by atoms with E-state index < -0.39 is 0 Å². The van der Waals surface area contributed by atoms with E-state index in [0.717, 1.165) is 29.2 Å². The van der Waals surface area contributed by atoms with E-state index in [-0.39, 0.29) is 5.91 Å². The quantitative estimate of drug-likeness (QED) is 0.811. The number of hydrogen-bond donors (Lipinski definition) is 1. The maximum atomic E-state index is 12.3. The molecule has 0 saturated heterocycles. The van der Waals surface area contributed by atoms with Gasteiger partial charge in [0.25, 0.3) is 5.91 Å². The molecule has 0 fully saturated rings. The molecule has 0 saturated carbocycles. The Kier molecular flexibility index (Phi) is 2.98. The zero-order chi connectivity index (χ0) is 13.4. The molecule has 4 nitrogen and oxygen atoms in total. The Morgan fingerprint density at radius 3 is 3.00 bits per heavy atom. The minimum Gasteiger partial charge on any atom is -0.399 e. The topological polar surface area (TPSA) is 59.2 Å². The van der Waals surface area contributed by atoms with Crippen LogP contribution in [0.3, 0.4) is 0 Å². The number of nitrogens with zero attached hydrogens (tertiary/aromatic N) is 2. The van der Waals surface area contributed by atoms with Gasteiger partial charge in [-0.2, -0.15) is 0 Å². The molecule has 0 atom stereocenters. The lowest BCUT2D eigenvalue weighted by atomic mass is 9.99. The van der Waals surface area contributed by atoms with Crippen molar-refractivity contribution in [2.24, 2.45) is 0 Å². The third-order valence-electron chi connectivity index (χ3n) is 3.37. The number of carbonyl (C=O) groups is 1. The highest BCUT2D eigenvalue weighted by molar-refractivity contribution is 7.09. The molecule has 1 aromatic carbocycles. The van der Waals surface area contributed by atoms with Crippen molar-refractivity contribution in [3.8, 4) is 0 Å². The van der Waals surface area contributed by atoms with Crippen molar-refractivity contribution in [3.63, 3.8) is 0 Å². The number of aryl methyl sites for hydroxylation is 1. The van der Waals surface area contributed by atoms with Gasteiger partial charge in [-0.1, -0.05) is 6.07 Å². The molecule has 1 aromatic heterocycles. The fourth-order valence-corrected chi connectivity index (χ4v) is 2.96. The maximum absolute atomic E-state index is 12.3. The van der Waals surface area contributed by atoms with Gasteiger partial charge in [0.05, 0.1) is 5.01 Å². The second kappa shape index (κ2) is 4.66. The first-order valence-corrected chi connectivity index (χ1v) is 7.10. The number of nitrogen functional groups attached to an aromatic ring is 1. The number of thiazole rings is 1. The average molecular weight is 273 g/mol. The van der Waals surface area contributed by atoms with Crippen LogP contribution in [-0.2, 0) is 13.0 Å². The van der Waals surface area contributed by atoms with Crippen LogP contribution in [-0.4, -0.2) is 22.3 Å². The standard InChI is InChI=1S/C14H15N3OS/c1-9-16-13(8-19-9)14(18)17-5-4-10-2-3-12(15)6-11(10)7-17/h2-3,6,8H,4-5,7,15H2,1H3. The van der Waals surface area contributed by atoms with Crippen molar-refractivity contribution >= 4 is 22.9 Å². The fraction of sp³-hybridized carbons (Fsp3) is 0.286. The largest absolute Gasteiger partial charge is 0.399 e. The summed E-state index contributed by atoms with van der Waals surface area (Å²) in [5.74, 6) is 0.0115. The highest BCUT2D eigenvalue weighted by atomic mass is 32.1. The summed E-state index contributed by atoms with van der Waals surface area (Å²) in [4.78, 5) is 18.5. The summed E-state index contributed by atoms with van der Waals surface area (Å²) >= 11 is 1.51. The number of anilines is 1. The molecular formula is C14H15N3OS. The number of amides is 1. The molecule has 2 heterocycles. The van der Waals surface area contributed by atoms with E-state index >= 15 is 0 Å². The number of hydrogen-bond acceptors (Lipinski definition) is 4. The summed E-state index contributed by atoms with van der Waals surface area (Å²) < 4.78 is 0. The van der Waals surface area contributed by atoms with Crippen LogP contribution in [0.2, 0.25) is 0 Å². The van der Waals surface area contributed by atoms with Crippen LogP contribution in [0.4, 0.5) is 5.69 Å². The van der Waals surface area contributed by atoms with Crippen molar-refractivity contribution in [3.05, 3.63) is 45.4 Å².